The van der Waals surface area contributed by atoms with E-state index in [2.05, 4.69) is 10.2 Å². The Morgan fingerprint density at radius 3 is 2.03 bits per heavy atom. The number of hydrogen-bond donors (Lipinski definition) is 1. The molecule has 0 aliphatic heterocycles. The quantitative estimate of drug-likeness (QED) is 0.389. The van der Waals surface area contributed by atoms with Gasteiger partial charge in [0.25, 0.3) is 0 Å². The van der Waals surface area contributed by atoms with Crippen LogP contribution in [0.15, 0.2) is 84.0 Å². The second-order valence-electron chi connectivity index (χ2n) is 8.78. The number of sulfone groups is 1. The molecule has 4 rings (SSSR count). The number of aromatic nitrogens is 3. The standard InChI is InChI=1S/C27H30N4O2S/c1-20-15-21(2)17-24(16-20)19-34(32,33)27-30-29-26(25(28)18-23-11-7-4-8-12-23)31(27)14-13-22-9-5-3-6-10-22/h3-12,15-17,25H,13-14,18-19,28H2,1-2H3/t25-/m0/s1. The van der Waals surface area contributed by atoms with Gasteiger partial charge in [-0.15, -0.1) is 10.2 Å². The predicted molar refractivity (Wildman–Crippen MR) is 134 cm³/mol. The van der Waals surface area contributed by atoms with E-state index in [1.165, 1.54) is 0 Å². The minimum Gasteiger partial charge on any atom is -0.321 e. The SMILES string of the molecule is Cc1cc(C)cc(CS(=O)(=O)c2nnc([C@@H](N)Cc3ccccc3)n2CCc2ccccc2)c1. The monoisotopic (exact) mass is 474 g/mol. The maximum atomic E-state index is 13.5. The third kappa shape index (κ3) is 5.79. The molecule has 2 N–H and O–H groups in total. The molecule has 0 saturated carbocycles. The van der Waals surface area contributed by atoms with Crippen LogP contribution < -0.4 is 5.73 Å². The van der Waals surface area contributed by atoms with Crippen LogP contribution in [0.2, 0.25) is 0 Å². The summed E-state index contributed by atoms with van der Waals surface area (Å²) in [6, 6.07) is 25.2. The number of benzene rings is 3. The van der Waals surface area contributed by atoms with Crippen molar-refractivity contribution < 1.29 is 8.42 Å². The van der Waals surface area contributed by atoms with Crippen molar-refractivity contribution >= 4 is 9.84 Å². The Morgan fingerprint density at radius 1 is 0.824 bits per heavy atom. The van der Waals surface area contributed by atoms with E-state index in [0.717, 1.165) is 27.8 Å². The van der Waals surface area contributed by atoms with Crippen LogP contribution in [0.25, 0.3) is 0 Å². The van der Waals surface area contributed by atoms with Crippen molar-refractivity contribution in [2.45, 2.75) is 50.2 Å². The van der Waals surface area contributed by atoms with E-state index in [-0.39, 0.29) is 10.9 Å². The fourth-order valence-electron chi connectivity index (χ4n) is 4.30. The van der Waals surface area contributed by atoms with Gasteiger partial charge < -0.3 is 10.3 Å². The number of nitrogens with zero attached hydrogens (tertiary/aromatic N) is 3. The summed E-state index contributed by atoms with van der Waals surface area (Å²) in [5.74, 6) is 0.353. The van der Waals surface area contributed by atoms with Gasteiger partial charge in [-0.1, -0.05) is 90.0 Å². The van der Waals surface area contributed by atoms with Gasteiger partial charge in [0, 0.05) is 6.54 Å². The summed E-state index contributed by atoms with van der Waals surface area (Å²) < 4.78 is 28.7. The van der Waals surface area contributed by atoms with E-state index in [4.69, 9.17) is 5.73 Å². The van der Waals surface area contributed by atoms with Gasteiger partial charge in [-0.25, -0.2) is 8.42 Å². The molecular formula is C27H30N4O2S. The van der Waals surface area contributed by atoms with Crippen LogP contribution in [0.5, 0.6) is 0 Å². The van der Waals surface area contributed by atoms with E-state index < -0.39 is 15.9 Å². The molecule has 1 atom stereocenters. The summed E-state index contributed by atoms with van der Waals surface area (Å²) in [5.41, 5.74) is 11.5. The van der Waals surface area contributed by atoms with Crippen LogP contribution in [-0.4, -0.2) is 23.2 Å². The third-order valence-corrected chi connectivity index (χ3v) is 7.33. The van der Waals surface area contributed by atoms with Gasteiger partial charge in [0.15, 0.2) is 5.82 Å². The molecule has 0 aliphatic rings. The summed E-state index contributed by atoms with van der Waals surface area (Å²) in [6.45, 7) is 4.36. The molecule has 0 saturated heterocycles. The van der Waals surface area contributed by atoms with Gasteiger partial charge in [0.05, 0.1) is 11.8 Å². The Labute approximate surface area is 201 Å². The summed E-state index contributed by atoms with van der Waals surface area (Å²) >= 11 is 0. The molecule has 0 spiro atoms. The molecule has 3 aromatic carbocycles. The minimum absolute atomic E-state index is 0.0268. The molecule has 176 valence electrons. The Morgan fingerprint density at radius 2 is 1.41 bits per heavy atom. The highest BCUT2D eigenvalue weighted by Crippen LogP contribution is 2.22. The molecule has 0 radical (unpaired) electrons. The van der Waals surface area contributed by atoms with Crippen molar-refractivity contribution in [1.29, 1.82) is 0 Å². The summed E-state index contributed by atoms with van der Waals surface area (Å²) in [5, 5.41) is 8.40. The second-order valence-corrected chi connectivity index (χ2v) is 10.7. The third-order valence-electron chi connectivity index (χ3n) is 5.76. The first-order valence-corrected chi connectivity index (χ1v) is 13.0. The highest BCUT2D eigenvalue weighted by atomic mass is 32.2. The zero-order valence-electron chi connectivity index (χ0n) is 19.6. The average molecular weight is 475 g/mol. The van der Waals surface area contributed by atoms with Crippen molar-refractivity contribution in [1.82, 2.24) is 14.8 Å². The van der Waals surface area contributed by atoms with E-state index in [9.17, 15) is 8.42 Å². The largest absolute Gasteiger partial charge is 0.321 e. The van der Waals surface area contributed by atoms with Gasteiger partial charge in [-0.3, -0.25) is 0 Å². The minimum atomic E-state index is -3.73. The fourth-order valence-corrected chi connectivity index (χ4v) is 5.72. The zero-order valence-corrected chi connectivity index (χ0v) is 20.4. The molecule has 0 aliphatic carbocycles. The lowest BCUT2D eigenvalue weighted by Gasteiger charge is -2.15. The summed E-state index contributed by atoms with van der Waals surface area (Å²) in [6.07, 6.45) is 1.19. The topological polar surface area (TPSA) is 90.9 Å². The molecule has 0 unspecified atom stereocenters. The fraction of sp³-hybridized carbons (Fsp3) is 0.259. The highest BCUT2D eigenvalue weighted by molar-refractivity contribution is 7.90. The predicted octanol–water partition coefficient (Wildman–Crippen LogP) is 4.35. The Hall–Kier alpha value is -3.29. The maximum Gasteiger partial charge on any atom is 0.250 e. The lowest BCUT2D eigenvalue weighted by Crippen LogP contribution is -2.22. The lowest BCUT2D eigenvalue weighted by atomic mass is 10.1. The normalized spacial score (nSPS) is 12.6. The van der Waals surface area contributed by atoms with Crippen LogP contribution >= 0.6 is 0 Å². The summed E-state index contributed by atoms with van der Waals surface area (Å²) in [7, 11) is -3.73. The van der Waals surface area contributed by atoms with Gasteiger partial charge in [0.2, 0.25) is 15.0 Å². The molecule has 1 heterocycles. The van der Waals surface area contributed by atoms with Gasteiger partial charge in [-0.05, 0) is 43.4 Å². The van der Waals surface area contributed by atoms with Gasteiger partial charge in [0.1, 0.15) is 0 Å². The average Bonchev–Trinajstić information content (AvgIpc) is 3.23. The molecule has 0 amide bonds. The first-order valence-electron chi connectivity index (χ1n) is 11.4. The first kappa shape index (κ1) is 23.9. The molecular weight excluding hydrogens is 444 g/mol. The van der Waals surface area contributed by atoms with Crippen molar-refractivity contribution in [2.75, 3.05) is 0 Å². The van der Waals surface area contributed by atoms with Gasteiger partial charge >= 0.3 is 0 Å². The van der Waals surface area contributed by atoms with E-state index in [1.807, 2.05) is 92.7 Å². The Kier molecular flexibility index (Phi) is 7.24. The second kappa shape index (κ2) is 10.3. The number of aryl methyl sites for hydroxylation is 3. The van der Waals surface area contributed by atoms with Crippen molar-refractivity contribution in [3.05, 3.63) is 113 Å². The number of nitrogens with two attached hydrogens (primary N) is 1. The molecule has 0 bridgehead atoms. The highest BCUT2D eigenvalue weighted by Gasteiger charge is 2.27. The van der Waals surface area contributed by atoms with E-state index >= 15 is 0 Å². The van der Waals surface area contributed by atoms with Crippen molar-refractivity contribution in [3.63, 3.8) is 0 Å². The van der Waals surface area contributed by atoms with Crippen LogP contribution in [0, 0.1) is 13.8 Å². The van der Waals surface area contributed by atoms with Gasteiger partial charge in [-0.2, -0.15) is 0 Å². The number of rotatable bonds is 9. The summed E-state index contributed by atoms with van der Waals surface area (Å²) in [4.78, 5) is 0. The van der Waals surface area contributed by atoms with Crippen LogP contribution in [0.1, 0.15) is 39.7 Å². The molecule has 1 aromatic heterocycles. The Balaban J connectivity index is 1.67. The van der Waals surface area contributed by atoms with Crippen molar-refractivity contribution in [2.24, 2.45) is 5.73 Å². The van der Waals surface area contributed by atoms with E-state index in [0.29, 0.717) is 25.2 Å². The zero-order chi connectivity index (χ0) is 24.1. The molecule has 0 fully saturated rings. The lowest BCUT2D eigenvalue weighted by molar-refractivity contribution is 0.530. The van der Waals surface area contributed by atoms with Crippen LogP contribution in [-0.2, 0) is 35.0 Å². The molecule has 34 heavy (non-hydrogen) atoms. The van der Waals surface area contributed by atoms with Crippen molar-refractivity contribution in [3.8, 4) is 0 Å². The number of hydrogen-bond acceptors (Lipinski definition) is 5. The van der Waals surface area contributed by atoms with E-state index in [1.54, 1.807) is 4.57 Å². The molecule has 4 aromatic rings. The Bertz CT molecular complexity index is 1330. The van der Waals surface area contributed by atoms with Crippen LogP contribution in [0.3, 0.4) is 0 Å². The van der Waals surface area contributed by atoms with Crippen LogP contribution in [0.4, 0.5) is 0 Å². The first-order chi connectivity index (χ1) is 16.3. The molecule has 7 heteroatoms. The molecule has 6 nitrogen and oxygen atoms in total. The maximum absolute atomic E-state index is 13.5. The smallest absolute Gasteiger partial charge is 0.250 e.